The standard InChI is InChI=1S/C16H24N4O2S/c1-9(14-10(2)18-19(5)11(14)3)17-15(22)12-8-23-16(4)7-6-13(21)20(12)16/h9,12H,6-8H2,1-5H3,(H,17,22)/t9-,12+,16+/m0/s1. The van der Waals surface area contributed by atoms with Crippen molar-refractivity contribution < 1.29 is 9.59 Å². The van der Waals surface area contributed by atoms with Crippen LogP contribution in [0, 0.1) is 13.8 Å². The van der Waals surface area contributed by atoms with Gasteiger partial charge in [0.2, 0.25) is 11.8 Å². The van der Waals surface area contributed by atoms with Gasteiger partial charge in [-0.25, -0.2) is 0 Å². The van der Waals surface area contributed by atoms with Crippen molar-refractivity contribution in [2.24, 2.45) is 7.05 Å². The Hall–Kier alpha value is -1.50. The molecule has 2 fully saturated rings. The Labute approximate surface area is 141 Å². The van der Waals surface area contributed by atoms with Gasteiger partial charge in [0.25, 0.3) is 0 Å². The number of carbonyl (C=O) groups is 2. The Morgan fingerprint density at radius 2 is 2.17 bits per heavy atom. The maximum atomic E-state index is 12.7. The first kappa shape index (κ1) is 16.4. The number of thioether (sulfide) groups is 1. The Bertz CT molecular complexity index is 671. The molecule has 3 heterocycles. The Kier molecular flexibility index (Phi) is 3.94. The van der Waals surface area contributed by atoms with E-state index in [2.05, 4.69) is 17.3 Å². The number of nitrogens with one attached hydrogen (secondary N) is 1. The summed E-state index contributed by atoms with van der Waals surface area (Å²) >= 11 is 1.72. The zero-order valence-corrected chi connectivity index (χ0v) is 15.2. The highest BCUT2D eigenvalue weighted by molar-refractivity contribution is 8.01. The second-order valence-electron chi connectivity index (χ2n) is 6.70. The zero-order valence-electron chi connectivity index (χ0n) is 14.3. The number of hydrogen-bond acceptors (Lipinski definition) is 4. The largest absolute Gasteiger partial charge is 0.348 e. The molecule has 2 saturated heterocycles. The fraction of sp³-hybridized carbons (Fsp3) is 0.688. The monoisotopic (exact) mass is 336 g/mol. The van der Waals surface area contributed by atoms with E-state index in [1.165, 1.54) is 0 Å². The Balaban J connectivity index is 1.76. The van der Waals surface area contributed by atoms with Gasteiger partial charge in [-0.3, -0.25) is 14.3 Å². The van der Waals surface area contributed by atoms with Gasteiger partial charge in [0.1, 0.15) is 6.04 Å². The predicted molar refractivity (Wildman–Crippen MR) is 90.0 cm³/mol. The third-order valence-corrected chi connectivity index (χ3v) is 6.61. The van der Waals surface area contributed by atoms with Crippen molar-refractivity contribution in [3.63, 3.8) is 0 Å². The quantitative estimate of drug-likeness (QED) is 0.912. The van der Waals surface area contributed by atoms with E-state index in [1.807, 2.05) is 32.5 Å². The number of amides is 2. The van der Waals surface area contributed by atoms with E-state index in [9.17, 15) is 9.59 Å². The summed E-state index contributed by atoms with van der Waals surface area (Å²) in [5, 5.41) is 7.49. The number of carbonyl (C=O) groups excluding carboxylic acids is 2. The highest BCUT2D eigenvalue weighted by Crippen LogP contribution is 2.47. The van der Waals surface area contributed by atoms with Crippen LogP contribution in [0.1, 0.15) is 49.7 Å². The van der Waals surface area contributed by atoms with Gasteiger partial charge in [0, 0.05) is 30.5 Å². The number of aryl methyl sites for hydroxylation is 2. The van der Waals surface area contributed by atoms with Crippen molar-refractivity contribution in [3.8, 4) is 0 Å². The van der Waals surface area contributed by atoms with Gasteiger partial charge in [-0.15, -0.1) is 11.8 Å². The van der Waals surface area contributed by atoms with Crippen LogP contribution < -0.4 is 5.32 Å². The molecule has 1 aromatic heterocycles. The van der Waals surface area contributed by atoms with Crippen molar-refractivity contribution in [2.45, 2.75) is 57.5 Å². The molecule has 126 valence electrons. The van der Waals surface area contributed by atoms with E-state index in [4.69, 9.17) is 0 Å². The Morgan fingerprint density at radius 3 is 2.78 bits per heavy atom. The van der Waals surface area contributed by atoms with Crippen LogP contribution in [0.25, 0.3) is 0 Å². The van der Waals surface area contributed by atoms with Crippen molar-refractivity contribution in [1.29, 1.82) is 0 Å². The van der Waals surface area contributed by atoms with Gasteiger partial charge in [-0.1, -0.05) is 0 Å². The molecule has 3 atom stereocenters. The summed E-state index contributed by atoms with van der Waals surface area (Å²) in [7, 11) is 1.91. The summed E-state index contributed by atoms with van der Waals surface area (Å²) < 4.78 is 1.83. The summed E-state index contributed by atoms with van der Waals surface area (Å²) in [5.74, 6) is 0.705. The summed E-state index contributed by atoms with van der Waals surface area (Å²) in [6, 6.07) is -0.481. The third-order valence-electron chi connectivity index (χ3n) is 5.10. The smallest absolute Gasteiger partial charge is 0.244 e. The van der Waals surface area contributed by atoms with Crippen LogP contribution in [-0.4, -0.2) is 43.2 Å². The first-order valence-electron chi connectivity index (χ1n) is 8.01. The zero-order chi connectivity index (χ0) is 16.9. The number of rotatable bonds is 3. The maximum Gasteiger partial charge on any atom is 0.244 e. The van der Waals surface area contributed by atoms with Crippen LogP contribution in [0.5, 0.6) is 0 Å². The highest BCUT2D eigenvalue weighted by atomic mass is 32.2. The molecule has 2 aliphatic heterocycles. The molecule has 3 rings (SSSR count). The first-order chi connectivity index (χ1) is 10.7. The minimum Gasteiger partial charge on any atom is -0.348 e. The molecule has 2 amide bonds. The van der Waals surface area contributed by atoms with E-state index in [-0.39, 0.29) is 28.8 Å². The highest BCUT2D eigenvalue weighted by Gasteiger charge is 2.53. The van der Waals surface area contributed by atoms with Gasteiger partial charge in [0.05, 0.1) is 16.6 Å². The van der Waals surface area contributed by atoms with Gasteiger partial charge < -0.3 is 10.2 Å². The number of fused-ring (bicyclic) bond motifs is 1. The topological polar surface area (TPSA) is 67.2 Å². The van der Waals surface area contributed by atoms with E-state index in [0.717, 1.165) is 23.4 Å². The van der Waals surface area contributed by atoms with Crippen molar-refractivity contribution in [1.82, 2.24) is 20.0 Å². The molecule has 0 unspecified atom stereocenters. The second kappa shape index (κ2) is 5.54. The summed E-state index contributed by atoms with van der Waals surface area (Å²) in [6.07, 6.45) is 1.38. The minimum absolute atomic E-state index is 0.0633. The molecule has 0 aromatic carbocycles. The van der Waals surface area contributed by atoms with Crippen LogP contribution in [-0.2, 0) is 16.6 Å². The van der Waals surface area contributed by atoms with E-state index in [1.54, 1.807) is 16.7 Å². The molecule has 6 nitrogen and oxygen atoms in total. The molecule has 23 heavy (non-hydrogen) atoms. The normalized spacial score (nSPS) is 28.1. The van der Waals surface area contributed by atoms with Crippen LogP contribution in [0.15, 0.2) is 0 Å². The molecular weight excluding hydrogens is 312 g/mol. The number of hydrogen-bond donors (Lipinski definition) is 1. The molecule has 1 N–H and O–H groups in total. The van der Waals surface area contributed by atoms with Crippen LogP contribution >= 0.6 is 11.8 Å². The maximum absolute atomic E-state index is 12.7. The molecule has 0 spiro atoms. The average Bonchev–Trinajstić information content (AvgIpc) is 3.04. The lowest BCUT2D eigenvalue weighted by Crippen LogP contribution is -2.50. The number of aromatic nitrogens is 2. The van der Waals surface area contributed by atoms with Gasteiger partial charge in [0.15, 0.2) is 0 Å². The van der Waals surface area contributed by atoms with Gasteiger partial charge in [-0.2, -0.15) is 5.10 Å². The van der Waals surface area contributed by atoms with Gasteiger partial charge >= 0.3 is 0 Å². The Morgan fingerprint density at radius 1 is 1.48 bits per heavy atom. The molecule has 0 bridgehead atoms. The molecule has 2 aliphatic rings. The van der Waals surface area contributed by atoms with Crippen molar-refractivity contribution in [2.75, 3.05) is 5.75 Å². The van der Waals surface area contributed by atoms with E-state index < -0.39 is 0 Å². The van der Waals surface area contributed by atoms with E-state index in [0.29, 0.717) is 12.2 Å². The average molecular weight is 336 g/mol. The third kappa shape index (κ3) is 2.55. The molecule has 0 aliphatic carbocycles. The van der Waals surface area contributed by atoms with Crippen LogP contribution in [0.2, 0.25) is 0 Å². The molecule has 0 saturated carbocycles. The summed E-state index contributed by atoms with van der Waals surface area (Å²) in [5.41, 5.74) is 3.04. The summed E-state index contributed by atoms with van der Waals surface area (Å²) in [4.78, 5) is 26.5. The molecular formula is C16H24N4O2S. The van der Waals surface area contributed by atoms with Crippen LogP contribution in [0.3, 0.4) is 0 Å². The molecule has 1 aromatic rings. The summed E-state index contributed by atoms with van der Waals surface area (Å²) in [6.45, 7) is 8.00. The van der Waals surface area contributed by atoms with Crippen molar-refractivity contribution >= 4 is 23.6 Å². The lowest BCUT2D eigenvalue weighted by atomic mass is 10.1. The second-order valence-corrected chi connectivity index (χ2v) is 8.21. The predicted octanol–water partition coefficient (Wildman–Crippen LogP) is 1.67. The lowest BCUT2D eigenvalue weighted by molar-refractivity contribution is -0.138. The van der Waals surface area contributed by atoms with Crippen molar-refractivity contribution in [3.05, 3.63) is 17.0 Å². The van der Waals surface area contributed by atoms with E-state index >= 15 is 0 Å². The first-order valence-corrected chi connectivity index (χ1v) is 9.00. The molecule has 7 heteroatoms. The van der Waals surface area contributed by atoms with Crippen LogP contribution in [0.4, 0.5) is 0 Å². The minimum atomic E-state index is -0.361. The fourth-order valence-corrected chi connectivity index (χ4v) is 5.24. The SMILES string of the molecule is Cc1nn(C)c(C)c1[C@H](C)NC(=O)[C@H]1CS[C@]2(C)CCC(=O)N12. The fourth-order valence-electron chi connectivity index (χ4n) is 3.81. The van der Waals surface area contributed by atoms with Gasteiger partial charge in [-0.05, 0) is 34.1 Å². The lowest BCUT2D eigenvalue weighted by Gasteiger charge is -2.30. The number of nitrogens with zero attached hydrogens (tertiary/aromatic N) is 3. The molecule has 0 radical (unpaired) electrons.